The number of imidazole rings is 1. The minimum absolute atomic E-state index is 0.0410. The van der Waals surface area contributed by atoms with Crippen molar-refractivity contribution in [3.63, 3.8) is 0 Å². The van der Waals surface area contributed by atoms with Crippen LogP contribution >= 0.6 is 0 Å². The molecule has 16 heavy (non-hydrogen) atoms. The van der Waals surface area contributed by atoms with E-state index in [0.29, 0.717) is 6.54 Å². The van der Waals surface area contributed by atoms with Gasteiger partial charge in [0, 0.05) is 19.6 Å². The topological polar surface area (TPSA) is 81.2 Å². The van der Waals surface area contributed by atoms with Crippen molar-refractivity contribution in [1.29, 1.82) is 0 Å². The maximum absolute atomic E-state index is 12.3. The molecular formula is C9H16N4O2S. The van der Waals surface area contributed by atoms with Crippen LogP contribution in [0.15, 0.2) is 11.4 Å². The van der Waals surface area contributed by atoms with Crippen LogP contribution in [0.1, 0.15) is 19.8 Å². The summed E-state index contributed by atoms with van der Waals surface area (Å²) in [6.45, 7) is 2.48. The van der Waals surface area contributed by atoms with E-state index in [4.69, 9.17) is 5.73 Å². The highest BCUT2D eigenvalue weighted by molar-refractivity contribution is 7.89. The standard InChI is InChI=1S/C9H16N4O2S/c1-7-4-3-5-13(7)16(14,15)9-8(10)11-6-12(9)2/h6-7H,3-5,10H2,1-2H3. The summed E-state index contributed by atoms with van der Waals surface area (Å²) in [5.41, 5.74) is 5.60. The van der Waals surface area contributed by atoms with Crippen LogP contribution < -0.4 is 5.73 Å². The average Bonchev–Trinajstić information content (AvgIpc) is 2.73. The molecular weight excluding hydrogens is 228 g/mol. The summed E-state index contributed by atoms with van der Waals surface area (Å²) in [4.78, 5) is 3.81. The fourth-order valence-electron chi connectivity index (χ4n) is 2.13. The van der Waals surface area contributed by atoms with Crippen LogP contribution in [-0.2, 0) is 17.1 Å². The van der Waals surface area contributed by atoms with Gasteiger partial charge in [-0.1, -0.05) is 0 Å². The lowest BCUT2D eigenvalue weighted by molar-refractivity contribution is 0.404. The molecule has 0 bridgehead atoms. The van der Waals surface area contributed by atoms with Gasteiger partial charge < -0.3 is 10.3 Å². The maximum atomic E-state index is 12.3. The van der Waals surface area contributed by atoms with Crippen molar-refractivity contribution in [3.8, 4) is 0 Å². The zero-order valence-corrected chi connectivity index (χ0v) is 10.2. The van der Waals surface area contributed by atoms with Gasteiger partial charge in [0.25, 0.3) is 10.0 Å². The van der Waals surface area contributed by atoms with Gasteiger partial charge >= 0.3 is 0 Å². The van der Waals surface area contributed by atoms with E-state index in [0.717, 1.165) is 12.8 Å². The van der Waals surface area contributed by atoms with E-state index in [1.165, 1.54) is 15.2 Å². The summed E-state index contributed by atoms with van der Waals surface area (Å²) in [6, 6.07) is 0.0410. The van der Waals surface area contributed by atoms with Gasteiger partial charge in [0.05, 0.1) is 6.33 Å². The van der Waals surface area contributed by atoms with Crippen LogP contribution in [0.25, 0.3) is 0 Å². The summed E-state index contributed by atoms with van der Waals surface area (Å²) in [5, 5.41) is 0.0984. The highest BCUT2D eigenvalue weighted by atomic mass is 32.2. The molecule has 2 rings (SSSR count). The Kier molecular flexibility index (Phi) is 2.67. The van der Waals surface area contributed by atoms with Gasteiger partial charge in [0.2, 0.25) is 0 Å². The van der Waals surface area contributed by atoms with Crippen molar-refractivity contribution in [3.05, 3.63) is 6.33 Å². The lowest BCUT2D eigenvalue weighted by Gasteiger charge is -2.20. The smallest absolute Gasteiger partial charge is 0.262 e. The van der Waals surface area contributed by atoms with Crippen LogP contribution in [0.3, 0.4) is 0 Å². The minimum atomic E-state index is -3.50. The van der Waals surface area contributed by atoms with Gasteiger partial charge in [0.15, 0.2) is 10.8 Å². The molecule has 2 N–H and O–H groups in total. The third-order valence-corrected chi connectivity index (χ3v) is 5.10. The lowest BCUT2D eigenvalue weighted by Crippen LogP contribution is -2.35. The first-order chi connectivity index (χ1) is 7.44. The SMILES string of the molecule is CC1CCCN1S(=O)(=O)c1c(N)ncn1C. The van der Waals surface area contributed by atoms with Gasteiger partial charge in [-0.05, 0) is 19.8 Å². The van der Waals surface area contributed by atoms with E-state index < -0.39 is 10.0 Å². The van der Waals surface area contributed by atoms with Crippen LogP contribution in [0, 0.1) is 0 Å². The number of nitrogens with zero attached hydrogens (tertiary/aromatic N) is 3. The molecule has 6 nitrogen and oxygen atoms in total. The van der Waals surface area contributed by atoms with Gasteiger partial charge in [-0.15, -0.1) is 0 Å². The predicted molar refractivity (Wildman–Crippen MR) is 60.2 cm³/mol. The molecule has 90 valence electrons. The van der Waals surface area contributed by atoms with Crippen LogP contribution in [0.2, 0.25) is 0 Å². The minimum Gasteiger partial charge on any atom is -0.381 e. The molecule has 1 aromatic rings. The van der Waals surface area contributed by atoms with Gasteiger partial charge in [-0.25, -0.2) is 13.4 Å². The first-order valence-corrected chi connectivity index (χ1v) is 6.67. The molecule has 1 saturated heterocycles. The molecule has 1 atom stereocenters. The zero-order valence-electron chi connectivity index (χ0n) is 9.42. The Morgan fingerprint density at radius 1 is 1.56 bits per heavy atom. The molecule has 0 saturated carbocycles. The fraction of sp³-hybridized carbons (Fsp3) is 0.667. The number of sulfonamides is 1. The summed E-state index contributed by atoms with van der Waals surface area (Å²) in [7, 11) is -1.86. The van der Waals surface area contributed by atoms with Crippen molar-refractivity contribution in [2.24, 2.45) is 7.05 Å². The highest BCUT2D eigenvalue weighted by Gasteiger charge is 2.35. The summed E-state index contributed by atoms with van der Waals surface area (Å²) in [5.74, 6) is 0.0709. The molecule has 7 heteroatoms. The third kappa shape index (κ3) is 1.60. The Bertz CT molecular complexity index is 474. The second kappa shape index (κ2) is 3.74. The quantitative estimate of drug-likeness (QED) is 0.804. The third-order valence-electron chi connectivity index (χ3n) is 2.95. The second-order valence-electron chi connectivity index (χ2n) is 4.15. The molecule has 0 radical (unpaired) electrons. The predicted octanol–water partition coefficient (Wildman–Crippen LogP) is 0.175. The van der Waals surface area contributed by atoms with Gasteiger partial charge in [-0.3, -0.25) is 0 Å². The van der Waals surface area contributed by atoms with Crippen LogP contribution in [0.4, 0.5) is 5.82 Å². The normalized spacial score (nSPS) is 22.8. The van der Waals surface area contributed by atoms with E-state index in [1.54, 1.807) is 7.05 Å². The highest BCUT2D eigenvalue weighted by Crippen LogP contribution is 2.27. The molecule has 0 aliphatic carbocycles. The molecule has 1 aliphatic heterocycles. The van der Waals surface area contributed by atoms with Crippen molar-refractivity contribution in [2.45, 2.75) is 30.8 Å². The number of rotatable bonds is 2. The summed E-state index contributed by atoms with van der Waals surface area (Å²) < 4.78 is 27.6. The first kappa shape index (κ1) is 11.4. The fourth-order valence-corrected chi connectivity index (χ4v) is 4.03. The number of nitrogens with two attached hydrogens (primary N) is 1. The Morgan fingerprint density at radius 2 is 2.25 bits per heavy atom. The van der Waals surface area contributed by atoms with Crippen LogP contribution in [-0.4, -0.2) is 34.9 Å². The number of aromatic nitrogens is 2. The molecule has 0 amide bonds. The van der Waals surface area contributed by atoms with E-state index in [1.807, 2.05) is 6.92 Å². The van der Waals surface area contributed by atoms with E-state index in [-0.39, 0.29) is 16.9 Å². The van der Waals surface area contributed by atoms with Crippen molar-refractivity contribution >= 4 is 15.8 Å². The molecule has 1 unspecified atom stereocenters. The number of hydrogen-bond donors (Lipinski definition) is 1. The Hall–Kier alpha value is -1.08. The molecule has 1 aromatic heterocycles. The van der Waals surface area contributed by atoms with E-state index >= 15 is 0 Å². The first-order valence-electron chi connectivity index (χ1n) is 5.23. The molecule has 0 aromatic carbocycles. The number of anilines is 1. The summed E-state index contributed by atoms with van der Waals surface area (Å²) in [6.07, 6.45) is 3.22. The number of nitrogen functional groups attached to an aromatic ring is 1. The molecule has 1 fully saturated rings. The monoisotopic (exact) mass is 244 g/mol. The molecule has 0 spiro atoms. The maximum Gasteiger partial charge on any atom is 0.262 e. The Balaban J connectivity index is 2.47. The second-order valence-corrected chi connectivity index (χ2v) is 5.96. The zero-order chi connectivity index (χ0) is 11.9. The van der Waals surface area contributed by atoms with E-state index in [2.05, 4.69) is 4.98 Å². The van der Waals surface area contributed by atoms with Crippen molar-refractivity contribution < 1.29 is 8.42 Å². The summed E-state index contributed by atoms with van der Waals surface area (Å²) >= 11 is 0. The van der Waals surface area contributed by atoms with Crippen molar-refractivity contribution in [2.75, 3.05) is 12.3 Å². The van der Waals surface area contributed by atoms with Gasteiger partial charge in [0.1, 0.15) is 0 Å². The molecule has 2 heterocycles. The van der Waals surface area contributed by atoms with Gasteiger partial charge in [-0.2, -0.15) is 4.31 Å². The number of hydrogen-bond acceptors (Lipinski definition) is 4. The largest absolute Gasteiger partial charge is 0.381 e. The van der Waals surface area contributed by atoms with Crippen molar-refractivity contribution in [1.82, 2.24) is 13.9 Å². The Morgan fingerprint density at radius 3 is 2.69 bits per heavy atom. The van der Waals surface area contributed by atoms with Crippen LogP contribution in [0.5, 0.6) is 0 Å². The lowest BCUT2D eigenvalue weighted by atomic mass is 10.3. The van der Waals surface area contributed by atoms with E-state index in [9.17, 15) is 8.42 Å². The average molecular weight is 244 g/mol. The molecule has 1 aliphatic rings. The number of aryl methyl sites for hydroxylation is 1. The Labute approximate surface area is 95.1 Å².